The van der Waals surface area contributed by atoms with Gasteiger partial charge in [-0.3, -0.25) is 0 Å². The molecule has 0 N–H and O–H groups in total. The molecule has 0 radical (unpaired) electrons. The van der Waals surface area contributed by atoms with Crippen molar-refractivity contribution in [2.45, 2.75) is 0 Å². The average molecular weight is 252 g/mol. The fourth-order valence-electron chi connectivity index (χ4n) is 1.10. The topological polar surface area (TPSA) is 33.0 Å². The van der Waals surface area contributed by atoms with Gasteiger partial charge in [0.15, 0.2) is 0 Å². The molecule has 72 valence electrons. The molecule has 0 aliphatic carbocycles. The SMILES string of the molecule is COc1ccc(C=CCBr)cc1C#N. The Morgan fingerprint density at radius 3 is 2.93 bits per heavy atom. The Bertz CT molecular complexity index is 379. The molecule has 0 atom stereocenters. The molecule has 0 heterocycles. The van der Waals surface area contributed by atoms with Gasteiger partial charge < -0.3 is 4.74 Å². The highest BCUT2D eigenvalue weighted by molar-refractivity contribution is 9.09. The van der Waals surface area contributed by atoms with E-state index in [9.17, 15) is 0 Å². The van der Waals surface area contributed by atoms with Crippen molar-refractivity contribution < 1.29 is 4.74 Å². The molecule has 0 spiro atoms. The Labute approximate surface area is 91.9 Å². The summed E-state index contributed by atoms with van der Waals surface area (Å²) in [5.74, 6) is 0.614. The van der Waals surface area contributed by atoms with Crippen LogP contribution >= 0.6 is 15.9 Å². The minimum atomic E-state index is 0.559. The van der Waals surface area contributed by atoms with Crippen LogP contribution in [0.2, 0.25) is 0 Å². The number of halogens is 1. The van der Waals surface area contributed by atoms with Gasteiger partial charge >= 0.3 is 0 Å². The number of ether oxygens (including phenoxy) is 1. The fraction of sp³-hybridized carbons (Fsp3) is 0.182. The summed E-state index contributed by atoms with van der Waals surface area (Å²) in [7, 11) is 1.56. The summed E-state index contributed by atoms with van der Waals surface area (Å²) in [6.45, 7) is 0. The van der Waals surface area contributed by atoms with Gasteiger partial charge in [-0.05, 0) is 17.7 Å². The quantitative estimate of drug-likeness (QED) is 0.775. The van der Waals surface area contributed by atoms with Crippen LogP contribution in [0.15, 0.2) is 24.3 Å². The van der Waals surface area contributed by atoms with Crippen LogP contribution in [0.3, 0.4) is 0 Å². The van der Waals surface area contributed by atoms with E-state index in [2.05, 4.69) is 22.0 Å². The van der Waals surface area contributed by atoms with E-state index < -0.39 is 0 Å². The lowest BCUT2D eigenvalue weighted by molar-refractivity contribution is 0.413. The molecule has 0 aromatic heterocycles. The number of allylic oxidation sites excluding steroid dienone is 1. The van der Waals surface area contributed by atoms with Crippen molar-refractivity contribution in [2.75, 3.05) is 12.4 Å². The van der Waals surface area contributed by atoms with Crippen LogP contribution in [0.1, 0.15) is 11.1 Å². The van der Waals surface area contributed by atoms with Crippen molar-refractivity contribution in [3.8, 4) is 11.8 Å². The van der Waals surface area contributed by atoms with E-state index in [0.29, 0.717) is 11.3 Å². The van der Waals surface area contributed by atoms with E-state index in [1.54, 1.807) is 19.2 Å². The van der Waals surface area contributed by atoms with Crippen LogP contribution in [-0.4, -0.2) is 12.4 Å². The van der Waals surface area contributed by atoms with E-state index >= 15 is 0 Å². The second-order valence-corrected chi connectivity index (χ2v) is 3.28. The van der Waals surface area contributed by atoms with Gasteiger partial charge in [-0.2, -0.15) is 5.26 Å². The number of hydrogen-bond acceptors (Lipinski definition) is 2. The standard InChI is InChI=1S/C11H10BrNO/c1-14-11-5-4-9(3-2-6-12)7-10(11)8-13/h2-5,7H,6H2,1H3. The minimum absolute atomic E-state index is 0.559. The lowest BCUT2D eigenvalue weighted by atomic mass is 10.1. The van der Waals surface area contributed by atoms with Gasteiger partial charge in [0, 0.05) is 5.33 Å². The van der Waals surface area contributed by atoms with Crippen LogP contribution in [0.5, 0.6) is 5.75 Å². The summed E-state index contributed by atoms with van der Waals surface area (Å²) in [6, 6.07) is 7.61. The molecule has 0 saturated carbocycles. The van der Waals surface area contributed by atoms with Gasteiger partial charge in [0.1, 0.15) is 11.8 Å². The summed E-state index contributed by atoms with van der Waals surface area (Å²) >= 11 is 3.29. The molecule has 0 bridgehead atoms. The number of rotatable bonds is 3. The van der Waals surface area contributed by atoms with Gasteiger partial charge in [0.2, 0.25) is 0 Å². The molecule has 2 nitrogen and oxygen atoms in total. The van der Waals surface area contributed by atoms with Gasteiger partial charge in [-0.15, -0.1) is 0 Å². The summed E-state index contributed by atoms with van der Waals surface area (Å²) in [5, 5.41) is 9.64. The van der Waals surface area contributed by atoms with Gasteiger partial charge in [-0.25, -0.2) is 0 Å². The summed E-state index contributed by atoms with van der Waals surface area (Å²) in [4.78, 5) is 0. The average Bonchev–Trinajstić information content (AvgIpc) is 2.25. The van der Waals surface area contributed by atoms with E-state index in [1.807, 2.05) is 18.2 Å². The maximum atomic E-state index is 8.84. The second-order valence-electron chi connectivity index (χ2n) is 2.63. The normalized spacial score (nSPS) is 10.1. The van der Waals surface area contributed by atoms with E-state index in [0.717, 1.165) is 10.9 Å². The van der Waals surface area contributed by atoms with Crippen molar-refractivity contribution in [3.63, 3.8) is 0 Å². The van der Waals surface area contributed by atoms with Crippen LogP contribution < -0.4 is 4.74 Å². The first-order valence-electron chi connectivity index (χ1n) is 4.12. The highest BCUT2D eigenvalue weighted by Gasteiger charge is 2.01. The number of nitrogens with zero attached hydrogens (tertiary/aromatic N) is 1. The Balaban J connectivity index is 3.03. The van der Waals surface area contributed by atoms with Crippen molar-refractivity contribution in [3.05, 3.63) is 35.4 Å². The summed E-state index contributed by atoms with van der Waals surface area (Å²) < 4.78 is 5.04. The molecule has 0 aliphatic heterocycles. The molecule has 0 fully saturated rings. The van der Waals surface area contributed by atoms with Crippen molar-refractivity contribution in [1.29, 1.82) is 5.26 Å². The Hall–Kier alpha value is -1.27. The smallest absolute Gasteiger partial charge is 0.136 e. The predicted octanol–water partition coefficient (Wildman–Crippen LogP) is 2.97. The number of methoxy groups -OCH3 is 1. The molecule has 14 heavy (non-hydrogen) atoms. The van der Waals surface area contributed by atoms with Crippen LogP contribution in [-0.2, 0) is 0 Å². The lowest BCUT2D eigenvalue weighted by Crippen LogP contribution is -1.88. The first kappa shape index (κ1) is 10.8. The molecular weight excluding hydrogens is 242 g/mol. The number of benzene rings is 1. The zero-order valence-corrected chi connectivity index (χ0v) is 9.41. The maximum absolute atomic E-state index is 8.84. The Morgan fingerprint density at radius 1 is 1.57 bits per heavy atom. The van der Waals surface area contributed by atoms with E-state index in [-0.39, 0.29) is 0 Å². The van der Waals surface area contributed by atoms with Gasteiger partial charge in [-0.1, -0.05) is 34.1 Å². The Kier molecular flexibility index (Phi) is 4.21. The van der Waals surface area contributed by atoms with Crippen molar-refractivity contribution in [1.82, 2.24) is 0 Å². The molecule has 1 aromatic rings. The number of hydrogen-bond donors (Lipinski definition) is 0. The lowest BCUT2D eigenvalue weighted by Gasteiger charge is -2.02. The van der Waals surface area contributed by atoms with E-state index in [1.165, 1.54) is 0 Å². The fourth-order valence-corrected chi connectivity index (χ4v) is 1.28. The Morgan fingerprint density at radius 2 is 2.36 bits per heavy atom. The molecule has 1 aromatic carbocycles. The molecule has 0 amide bonds. The van der Waals surface area contributed by atoms with Crippen molar-refractivity contribution in [2.24, 2.45) is 0 Å². The molecule has 1 rings (SSSR count). The van der Waals surface area contributed by atoms with Crippen LogP contribution in [0, 0.1) is 11.3 Å². The predicted molar refractivity (Wildman–Crippen MR) is 60.5 cm³/mol. The first-order chi connectivity index (χ1) is 6.81. The highest BCUT2D eigenvalue weighted by atomic mass is 79.9. The number of alkyl halides is 1. The zero-order chi connectivity index (χ0) is 10.4. The molecule has 0 aliphatic rings. The monoisotopic (exact) mass is 251 g/mol. The third kappa shape index (κ3) is 2.61. The molecular formula is C11H10BrNO. The third-order valence-corrected chi connectivity index (χ3v) is 2.12. The summed E-state index contributed by atoms with van der Waals surface area (Å²) in [6.07, 6.45) is 3.93. The second kappa shape index (κ2) is 5.46. The molecule has 3 heteroatoms. The zero-order valence-electron chi connectivity index (χ0n) is 7.83. The first-order valence-corrected chi connectivity index (χ1v) is 5.24. The highest BCUT2D eigenvalue weighted by Crippen LogP contribution is 2.19. The maximum Gasteiger partial charge on any atom is 0.136 e. The minimum Gasteiger partial charge on any atom is -0.495 e. The van der Waals surface area contributed by atoms with Crippen LogP contribution in [0.25, 0.3) is 6.08 Å². The largest absolute Gasteiger partial charge is 0.495 e. The van der Waals surface area contributed by atoms with Gasteiger partial charge in [0.05, 0.1) is 12.7 Å². The molecule has 0 unspecified atom stereocenters. The van der Waals surface area contributed by atoms with Gasteiger partial charge in [0.25, 0.3) is 0 Å². The molecule has 0 saturated heterocycles. The number of nitriles is 1. The van der Waals surface area contributed by atoms with Crippen LogP contribution in [0.4, 0.5) is 0 Å². The van der Waals surface area contributed by atoms with Crippen molar-refractivity contribution >= 4 is 22.0 Å². The summed E-state index contributed by atoms with van der Waals surface area (Å²) in [5.41, 5.74) is 1.56. The third-order valence-electron chi connectivity index (χ3n) is 1.74. The van der Waals surface area contributed by atoms with E-state index in [4.69, 9.17) is 10.00 Å².